The molecule has 0 amide bonds. The number of nitrogens with zero attached hydrogens (tertiary/aromatic N) is 3. The Morgan fingerprint density at radius 2 is 1.52 bits per heavy atom. The van der Waals surface area contributed by atoms with E-state index in [-0.39, 0.29) is 0 Å². The number of fused-ring (bicyclic) bond motifs is 1. The molecule has 0 bridgehead atoms. The van der Waals surface area contributed by atoms with Crippen LogP contribution in [-0.4, -0.2) is 15.0 Å². The van der Waals surface area contributed by atoms with Crippen molar-refractivity contribution in [1.82, 2.24) is 15.0 Å². The van der Waals surface area contributed by atoms with E-state index < -0.39 is 0 Å². The first-order valence-corrected chi connectivity index (χ1v) is 8.11. The summed E-state index contributed by atoms with van der Waals surface area (Å²) in [5, 5.41) is 8.30. The molecule has 2 aromatic carbocycles. The molecule has 4 aromatic rings. The Bertz CT molecular complexity index is 1010. The summed E-state index contributed by atoms with van der Waals surface area (Å²) in [6, 6.07) is 19.2. The predicted molar refractivity (Wildman–Crippen MR) is 102 cm³/mol. The molecule has 2 aromatic heterocycles. The molecule has 4 rings (SSSR count). The number of rotatable bonds is 4. The molecule has 0 aliphatic carbocycles. The molecular weight excluding hydrogens is 334 g/mol. The SMILES string of the molecule is Clc1ccc(Nc2cc(Nc3cccc4cccnc34)ncn2)cc1. The Morgan fingerprint density at radius 1 is 0.760 bits per heavy atom. The Balaban J connectivity index is 1.60. The highest BCUT2D eigenvalue weighted by atomic mass is 35.5. The van der Waals surface area contributed by atoms with Gasteiger partial charge >= 0.3 is 0 Å². The van der Waals surface area contributed by atoms with Gasteiger partial charge in [0.1, 0.15) is 18.0 Å². The summed E-state index contributed by atoms with van der Waals surface area (Å²) < 4.78 is 0. The smallest absolute Gasteiger partial charge is 0.135 e. The van der Waals surface area contributed by atoms with Gasteiger partial charge in [0.05, 0.1) is 11.2 Å². The van der Waals surface area contributed by atoms with Crippen LogP contribution in [0.2, 0.25) is 5.02 Å². The molecule has 25 heavy (non-hydrogen) atoms. The molecule has 2 N–H and O–H groups in total. The Kier molecular flexibility index (Phi) is 4.14. The monoisotopic (exact) mass is 347 g/mol. The minimum atomic E-state index is 0.685. The molecule has 0 spiro atoms. The topological polar surface area (TPSA) is 62.7 Å². The molecule has 0 aliphatic heterocycles. The normalized spacial score (nSPS) is 10.6. The summed E-state index contributed by atoms with van der Waals surface area (Å²) in [7, 11) is 0. The van der Waals surface area contributed by atoms with Crippen LogP contribution in [0, 0.1) is 0 Å². The molecule has 0 aliphatic rings. The van der Waals surface area contributed by atoms with Gasteiger partial charge in [0.25, 0.3) is 0 Å². The van der Waals surface area contributed by atoms with E-state index in [0.29, 0.717) is 16.7 Å². The third-order valence-electron chi connectivity index (χ3n) is 3.68. The fourth-order valence-electron chi connectivity index (χ4n) is 2.52. The van der Waals surface area contributed by atoms with Gasteiger partial charge in [0, 0.05) is 28.4 Å². The van der Waals surface area contributed by atoms with E-state index in [1.54, 1.807) is 6.20 Å². The molecule has 0 fully saturated rings. The molecule has 0 saturated carbocycles. The van der Waals surface area contributed by atoms with Crippen LogP contribution < -0.4 is 10.6 Å². The highest BCUT2D eigenvalue weighted by Crippen LogP contribution is 2.25. The van der Waals surface area contributed by atoms with E-state index in [1.807, 2.05) is 60.7 Å². The maximum atomic E-state index is 5.91. The van der Waals surface area contributed by atoms with Crippen LogP contribution in [0.4, 0.5) is 23.0 Å². The van der Waals surface area contributed by atoms with Crippen LogP contribution in [0.1, 0.15) is 0 Å². The van der Waals surface area contributed by atoms with Gasteiger partial charge in [-0.15, -0.1) is 0 Å². The zero-order chi connectivity index (χ0) is 17.1. The third kappa shape index (κ3) is 3.51. The number of para-hydroxylation sites is 1. The average molecular weight is 348 g/mol. The average Bonchev–Trinajstić information content (AvgIpc) is 2.64. The second-order valence-corrected chi connectivity index (χ2v) is 5.86. The number of pyridine rings is 1. The van der Waals surface area contributed by atoms with Gasteiger partial charge in [-0.05, 0) is 36.4 Å². The maximum Gasteiger partial charge on any atom is 0.135 e. The van der Waals surface area contributed by atoms with Gasteiger partial charge in [0.15, 0.2) is 0 Å². The van der Waals surface area contributed by atoms with Gasteiger partial charge in [0.2, 0.25) is 0 Å². The predicted octanol–water partition coefficient (Wildman–Crippen LogP) is 5.17. The van der Waals surface area contributed by atoms with Gasteiger partial charge in [-0.25, -0.2) is 9.97 Å². The number of halogens is 1. The van der Waals surface area contributed by atoms with Crippen LogP contribution in [0.25, 0.3) is 10.9 Å². The lowest BCUT2D eigenvalue weighted by Crippen LogP contribution is -1.99. The maximum absolute atomic E-state index is 5.91. The van der Waals surface area contributed by atoms with Crippen LogP contribution in [0.3, 0.4) is 0 Å². The summed E-state index contributed by atoms with van der Waals surface area (Å²) in [6.45, 7) is 0. The quantitative estimate of drug-likeness (QED) is 0.533. The van der Waals surface area contributed by atoms with Crippen molar-refractivity contribution in [3.63, 3.8) is 0 Å². The van der Waals surface area contributed by atoms with E-state index in [0.717, 1.165) is 22.3 Å². The molecule has 2 heterocycles. The zero-order valence-electron chi connectivity index (χ0n) is 13.1. The van der Waals surface area contributed by atoms with Crippen molar-refractivity contribution < 1.29 is 0 Å². The number of nitrogens with one attached hydrogen (secondary N) is 2. The minimum absolute atomic E-state index is 0.685. The van der Waals surface area contributed by atoms with Gasteiger partial charge in [-0.3, -0.25) is 4.98 Å². The second kappa shape index (κ2) is 6.75. The third-order valence-corrected chi connectivity index (χ3v) is 3.93. The lowest BCUT2D eigenvalue weighted by Gasteiger charge is -2.10. The van der Waals surface area contributed by atoms with Crippen molar-refractivity contribution in [2.75, 3.05) is 10.6 Å². The van der Waals surface area contributed by atoms with E-state index in [1.165, 1.54) is 6.33 Å². The Hall–Kier alpha value is -3.18. The van der Waals surface area contributed by atoms with E-state index in [2.05, 4.69) is 25.6 Å². The van der Waals surface area contributed by atoms with E-state index in [9.17, 15) is 0 Å². The fourth-order valence-corrected chi connectivity index (χ4v) is 2.64. The molecule has 0 radical (unpaired) electrons. The van der Waals surface area contributed by atoms with Crippen molar-refractivity contribution in [1.29, 1.82) is 0 Å². The molecule has 6 heteroatoms. The van der Waals surface area contributed by atoms with Crippen LogP contribution in [0.15, 0.2) is 73.2 Å². The van der Waals surface area contributed by atoms with Crippen molar-refractivity contribution in [2.45, 2.75) is 0 Å². The molecule has 0 unspecified atom stereocenters. The van der Waals surface area contributed by atoms with Gasteiger partial charge in [-0.2, -0.15) is 0 Å². The number of benzene rings is 2. The Labute approximate surface area is 149 Å². The first-order chi connectivity index (χ1) is 12.3. The first-order valence-electron chi connectivity index (χ1n) is 7.73. The van der Waals surface area contributed by atoms with Crippen LogP contribution >= 0.6 is 11.6 Å². The highest BCUT2D eigenvalue weighted by molar-refractivity contribution is 6.30. The summed E-state index contributed by atoms with van der Waals surface area (Å²) in [6.07, 6.45) is 3.29. The van der Waals surface area contributed by atoms with Gasteiger partial charge in [-0.1, -0.05) is 29.8 Å². The number of aromatic nitrogens is 3. The largest absolute Gasteiger partial charge is 0.340 e. The fraction of sp³-hybridized carbons (Fsp3) is 0. The lowest BCUT2D eigenvalue weighted by molar-refractivity contribution is 1.17. The zero-order valence-corrected chi connectivity index (χ0v) is 13.9. The summed E-state index contributed by atoms with van der Waals surface area (Å²) >= 11 is 5.91. The molecule has 0 saturated heterocycles. The van der Waals surface area contributed by atoms with E-state index in [4.69, 9.17) is 11.6 Å². The summed E-state index contributed by atoms with van der Waals surface area (Å²) in [4.78, 5) is 13.0. The second-order valence-electron chi connectivity index (χ2n) is 5.43. The van der Waals surface area contributed by atoms with Crippen molar-refractivity contribution in [3.05, 3.63) is 78.2 Å². The standard InChI is InChI=1S/C19H14ClN5/c20-14-6-8-15(9-7-14)24-17-11-18(23-12-22-17)25-16-5-1-3-13-4-2-10-21-19(13)16/h1-12H,(H2,22,23,24,25). The van der Waals surface area contributed by atoms with Crippen molar-refractivity contribution >= 4 is 45.5 Å². The van der Waals surface area contributed by atoms with Crippen molar-refractivity contribution in [2.24, 2.45) is 0 Å². The summed E-state index contributed by atoms with van der Waals surface area (Å²) in [5.74, 6) is 1.37. The van der Waals surface area contributed by atoms with Crippen molar-refractivity contribution in [3.8, 4) is 0 Å². The van der Waals surface area contributed by atoms with Crippen LogP contribution in [0.5, 0.6) is 0 Å². The molecule has 0 atom stereocenters. The molecular formula is C19H14ClN5. The van der Waals surface area contributed by atoms with Gasteiger partial charge < -0.3 is 10.6 Å². The Morgan fingerprint density at radius 3 is 2.36 bits per heavy atom. The first kappa shape index (κ1) is 15.4. The number of hydrogen-bond donors (Lipinski definition) is 2. The summed E-state index contributed by atoms with van der Waals surface area (Å²) in [5.41, 5.74) is 2.70. The van der Waals surface area contributed by atoms with E-state index >= 15 is 0 Å². The number of hydrogen-bond acceptors (Lipinski definition) is 5. The molecule has 5 nitrogen and oxygen atoms in total. The molecule has 122 valence electrons. The highest BCUT2D eigenvalue weighted by Gasteiger charge is 2.04. The minimum Gasteiger partial charge on any atom is -0.340 e. The lowest BCUT2D eigenvalue weighted by atomic mass is 10.2. The number of anilines is 4. The van der Waals surface area contributed by atoms with Crippen LogP contribution in [-0.2, 0) is 0 Å².